The van der Waals surface area contributed by atoms with Gasteiger partial charge in [-0.3, -0.25) is 0 Å². The Kier molecular flexibility index (Phi) is 2.91. The number of halogens is 1. The van der Waals surface area contributed by atoms with Crippen LogP contribution in [0.3, 0.4) is 0 Å². The topological polar surface area (TPSA) is 77.1 Å². The molecule has 1 aromatic rings. The quantitative estimate of drug-likeness (QED) is 0.847. The van der Waals surface area contributed by atoms with Crippen LogP contribution in [-0.2, 0) is 19.0 Å². The van der Waals surface area contributed by atoms with Crippen molar-refractivity contribution in [3.05, 3.63) is 23.2 Å². The summed E-state index contributed by atoms with van der Waals surface area (Å²) in [7, 11) is -2.62. The summed E-state index contributed by atoms with van der Waals surface area (Å²) in [6.07, 6.45) is 0. The third-order valence-corrected chi connectivity index (χ3v) is 2.76. The predicted molar refractivity (Wildman–Crippen MR) is 54.7 cm³/mol. The molecule has 1 N–H and O–H groups in total. The second-order valence-electron chi connectivity index (χ2n) is 2.75. The van der Waals surface area contributed by atoms with Crippen molar-refractivity contribution in [3.63, 3.8) is 0 Å². The molecule has 0 aromatic heterocycles. The van der Waals surface area contributed by atoms with Crippen molar-refractivity contribution >= 4 is 27.7 Å². The number of hydrogen-bond acceptors (Lipinski definition) is 7. The van der Waals surface area contributed by atoms with E-state index >= 15 is 0 Å². The molecular weight excluding hydrogens is 260 g/mol. The SMILES string of the molecule is COc1cccc(N2NOS(=O)(=O)O2)c1Cl. The molecule has 1 saturated heterocycles. The molecule has 1 aliphatic rings. The van der Waals surface area contributed by atoms with Gasteiger partial charge in [0.1, 0.15) is 16.5 Å². The summed E-state index contributed by atoms with van der Waals surface area (Å²) in [4.78, 5) is 0. The Morgan fingerprint density at radius 2 is 2.25 bits per heavy atom. The highest BCUT2D eigenvalue weighted by atomic mass is 35.5. The first kappa shape index (κ1) is 11.4. The number of benzene rings is 1. The Hall–Kier alpha value is -1.06. The molecule has 2 rings (SSSR count). The van der Waals surface area contributed by atoms with Crippen molar-refractivity contribution in [1.82, 2.24) is 5.59 Å². The van der Waals surface area contributed by atoms with E-state index in [0.717, 1.165) is 5.17 Å². The van der Waals surface area contributed by atoms with Gasteiger partial charge in [0.2, 0.25) is 0 Å². The van der Waals surface area contributed by atoms with Gasteiger partial charge in [0.05, 0.1) is 7.11 Å². The Labute approximate surface area is 96.7 Å². The van der Waals surface area contributed by atoms with Crippen LogP contribution in [-0.4, -0.2) is 15.5 Å². The second kappa shape index (κ2) is 4.07. The van der Waals surface area contributed by atoms with Crippen LogP contribution in [0.5, 0.6) is 5.75 Å². The molecule has 0 atom stereocenters. The fraction of sp³-hybridized carbons (Fsp3) is 0.143. The number of methoxy groups -OCH3 is 1. The molecule has 0 unspecified atom stereocenters. The number of rotatable bonds is 2. The molecule has 88 valence electrons. The predicted octanol–water partition coefficient (Wildman–Crippen LogP) is 0.781. The minimum absolute atomic E-state index is 0.193. The monoisotopic (exact) mass is 266 g/mol. The Morgan fingerprint density at radius 3 is 2.81 bits per heavy atom. The van der Waals surface area contributed by atoms with Gasteiger partial charge in [-0.25, -0.2) is 0 Å². The molecule has 1 heterocycles. The Balaban J connectivity index is 2.35. The first-order valence-electron chi connectivity index (χ1n) is 4.05. The molecule has 7 nitrogen and oxygen atoms in total. The average molecular weight is 267 g/mol. The van der Waals surface area contributed by atoms with Gasteiger partial charge in [-0.1, -0.05) is 23.3 Å². The second-order valence-corrected chi connectivity index (χ2v) is 4.26. The summed E-state index contributed by atoms with van der Waals surface area (Å²) >= 11 is 5.95. The van der Waals surface area contributed by atoms with Crippen molar-refractivity contribution < 1.29 is 21.7 Å². The van der Waals surface area contributed by atoms with E-state index in [1.54, 1.807) is 12.1 Å². The highest BCUT2D eigenvalue weighted by Crippen LogP contribution is 2.35. The molecule has 1 aromatic carbocycles. The van der Waals surface area contributed by atoms with Gasteiger partial charge in [-0.2, -0.15) is 8.42 Å². The third kappa shape index (κ3) is 2.06. The summed E-state index contributed by atoms with van der Waals surface area (Å²) in [6.45, 7) is 0. The molecule has 0 spiro atoms. The molecule has 0 bridgehead atoms. The minimum atomic E-state index is -4.06. The van der Waals surface area contributed by atoms with Crippen molar-refractivity contribution in [2.24, 2.45) is 0 Å². The zero-order valence-corrected chi connectivity index (χ0v) is 9.58. The molecule has 16 heavy (non-hydrogen) atoms. The smallest absolute Gasteiger partial charge is 0.440 e. The fourth-order valence-electron chi connectivity index (χ4n) is 1.10. The molecule has 1 aliphatic heterocycles. The number of hydrogen-bond donors (Lipinski definition) is 1. The number of nitrogens with zero attached hydrogens (tertiary/aromatic N) is 1. The van der Waals surface area contributed by atoms with Crippen LogP contribution in [0.2, 0.25) is 5.02 Å². The highest BCUT2D eigenvalue weighted by Gasteiger charge is 2.30. The lowest BCUT2D eigenvalue weighted by Crippen LogP contribution is -2.28. The lowest BCUT2D eigenvalue weighted by molar-refractivity contribution is 0.198. The van der Waals surface area contributed by atoms with E-state index < -0.39 is 10.4 Å². The summed E-state index contributed by atoms with van der Waals surface area (Å²) in [5, 5.41) is 0.971. The summed E-state index contributed by atoms with van der Waals surface area (Å²) in [6, 6.07) is 4.77. The Bertz CT molecular complexity index is 505. The van der Waals surface area contributed by atoms with Crippen molar-refractivity contribution in [1.29, 1.82) is 0 Å². The van der Waals surface area contributed by atoms with Gasteiger partial charge in [0.25, 0.3) is 0 Å². The molecule has 1 fully saturated rings. The maximum atomic E-state index is 10.9. The van der Waals surface area contributed by atoms with Crippen LogP contribution in [0.4, 0.5) is 5.69 Å². The van der Waals surface area contributed by atoms with Crippen molar-refractivity contribution in [3.8, 4) is 5.75 Å². The maximum absolute atomic E-state index is 10.9. The lowest BCUT2D eigenvalue weighted by atomic mass is 10.3. The standard InChI is InChI=1S/C7H7ClN2O5S/c1-13-6-4-2-3-5(7(6)8)10-9-14-16(11,12)15-10/h2-4,9H,1H3. The number of anilines is 1. The van der Waals surface area contributed by atoms with E-state index in [2.05, 4.69) is 8.57 Å². The summed E-state index contributed by atoms with van der Waals surface area (Å²) < 4.78 is 35.3. The van der Waals surface area contributed by atoms with Crippen LogP contribution < -0.4 is 15.5 Å². The van der Waals surface area contributed by atoms with Crippen molar-refractivity contribution in [2.45, 2.75) is 0 Å². The molecule has 0 amide bonds. The van der Waals surface area contributed by atoms with Crippen LogP contribution in [0, 0.1) is 0 Å². The first-order chi connectivity index (χ1) is 7.53. The molecule has 0 aliphatic carbocycles. The minimum Gasteiger partial charge on any atom is -0.495 e. The van der Waals surface area contributed by atoms with Crippen molar-refractivity contribution in [2.75, 3.05) is 12.3 Å². The van der Waals surface area contributed by atoms with E-state index in [4.69, 9.17) is 16.3 Å². The maximum Gasteiger partial charge on any atom is 0.440 e. The number of hydrazine groups is 1. The molecule has 9 heteroatoms. The van der Waals surface area contributed by atoms with Crippen LogP contribution in [0.1, 0.15) is 0 Å². The van der Waals surface area contributed by atoms with Crippen LogP contribution in [0.25, 0.3) is 0 Å². The zero-order valence-electron chi connectivity index (χ0n) is 8.01. The molecule has 0 radical (unpaired) electrons. The first-order valence-corrected chi connectivity index (χ1v) is 5.76. The highest BCUT2D eigenvalue weighted by molar-refractivity contribution is 7.82. The van der Waals surface area contributed by atoms with E-state index in [-0.39, 0.29) is 10.7 Å². The van der Waals surface area contributed by atoms with Crippen LogP contribution >= 0.6 is 11.6 Å². The number of nitrogens with one attached hydrogen (secondary N) is 1. The van der Waals surface area contributed by atoms with Gasteiger partial charge in [-0.05, 0) is 12.1 Å². The van der Waals surface area contributed by atoms with E-state index in [1.165, 1.54) is 13.2 Å². The van der Waals surface area contributed by atoms with Gasteiger partial charge in [0.15, 0.2) is 0 Å². The fourth-order valence-corrected chi connectivity index (χ4v) is 1.87. The van der Waals surface area contributed by atoms with E-state index in [1.807, 2.05) is 5.59 Å². The van der Waals surface area contributed by atoms with Gasteiger partial charge in [-0.15, -0.1) is 13.7 Å². The molecular formula is C7H7ClN2O5S. The van der Waals surface area contributed by atoms with Gasteiger partial charge >= 0.3 is 10.4 Å². The number of ether oxygens (including phenoxy) is 1. The summed E-state index contributed by atoms with van der Waals surface area (Å²) in [5.74, 6) is 0.383. The van der Waals surface area contributed by atoms with E-state index in [0.29, 0.717) is 5.75 Å². The van der Waals surface area contributed by atoms with Gasteiger partial charge in [0, 0.05) is 0 Å². The Morgan fingerprint density at radius 1 is 1.50 bits per heavy atom. The normalized spacial score (nSPS) is 18.8. The molecule has 0 saturated carbocycles. The lowest BCUT2D eigenvalue weighted by Gasteiger charge is -2.14. The van der Waals surface area contributed by atoms with E-state index in [9.17, 15) is 8.42 Å². The third-order valence-electron chi connectivity index (χ3n) is 1.77. The van der Waals surface area contributed by atoms with Gasteiger partial charge < -0.3 is 4.74 Å². The summed E-state index contributed by atoms with van der Waals surface area (Å²) in [5.41, 5.74) is 2.29. The zero-order chi connectivity index (χ0) is 11.8. The van der Waals surface area contributed by atoms with Crippen LogP contribution in [0.15, 0.2) is 18.2 Å². The average Bonchev–Trinajstić information content (AvgIpc) is 2.59. The largest absolute Gasteiger partial charge is 0.495 e.